The maximum absolute atomic E-state index is 5.80. The van der Waals surface area contributed by atoms with E-state index < -0.39 is 0 Å². The maximum atomic E-state index is 5.80. The summed E-state index contributed by atoms with van der Waals surface area (Å²) in [6.45, 7) is 4.28. The lowest BCUT2D eigenvalue weighted by atomic mass is 10.0. The van der Waals surface area contributed by atoms with Gasteiger partial charge in [0, 0.05) is 18.6 Å². The Bertz CT molecular complexity index is 470. The van der Waals surface area contributed by atoms with Gasteiger partial charge in [0.25, 0.3) is 0 Å². The molecule has 2 aromatic heterocycles. The average Bonchev–Trinajstić information content (AvgIpc) is 2.49. The number of hydrogen-bond acceptors (Lipinski definition) is 3. The Morgan fingerprint density at radius 2 is 2.07 bits per heavy atom. The number of anilines is 1. The fourth-order valence-corrected chi connectivity index (χ4v) is 1.68. The molecule has 0 atom stereocenters. The lowest BCUT2D eigenvalue weighted by Crippen LogP contribution is -1.99. The van der Waals surface area contributed by atoms with E-state index in [0.717, 1.165) is 10.9 Å². The number of nitrogen functional groups attached to an aromatic ring is 1. The number of nitrogens with two attached hydrogens (primary N) is 1. The Balaban J connectivity index is 2.83. The van der Waals surface area contributed by atoms with Crippen molar-refractivity contribution in [3.63, 3.8) is 0 Å². The second-order valence-corrected chi connectivity index (χ2v) is 3.78. The van der Waals surface area contributed by atoms with Crippen molar-refractivity contribution in [3.8, 4) is 0 Å². The van der Waals surface area contributed by atoms with Crippen molar-refractivity contribution in [3.05, 3.63) is 18.0 Å². The Morgan fingerprint density at radius 1 is 1.36 bits per heavy atom. The van der Waals surface area contributed by atoms with Crippen molar-refractivity contribution in [1.82, 2.24) is 14.8 Å². The van der Waals surface area contributed by atoms with E-state index in [1.807, 2.05) is 19.4 Å². The molecule has 2 N–H and O–H groups in total. The number of fused-ring (bicyclic) bond motifs is 1. The summed E-state index contributed by atoms with van der Waals surface area (Å²) >= 11 is 0. The molecule has 0 aliphatic carbocycles. The molecule has 0 spiro atoms. The number of pyridine rings is 1. The van der Waals surface area contributed by atoms with Crippen molar-refractivity contribution < 1.29 is 0 Å². The van der Waals surface area contributed by atoms with Gasteiger partial charge in [-0.25, -0.2) is 4.98 Å². The first-order chi connectivity index (χ1) is 6.61. The number of rotatable bonds is 1. The van der Waals surface area contributed by atoms with Gasteiger partial charge in [-0.15, -0.1) is 0 Å². The summed E-state index contributed by atoms with van der Waals surface area (Å²) in [5.41, 5.74) is 7.92. The highest BCUT2D eigenvalue weighted by atomic mass is 15.3. The molecule has 0 saturated carbocycles. The molecule has 4 nitrogen and oxygen atoms in total. The molecular formula is C10H14N4. The highest BCUT2D eigenvalue weighted by molar-refractivity contribution is 5.90. The van der Waals surface area contributed by atoms with Gasteiger partial charge in [-0.1, -0.05) is 13.8 Å². The van der Waals surface area contributed by atoms with Crippen LogP contribution in [0.4, 0.5) is 5.82 Å². The van der Waals surface area contributed by atoms with Crippen LogP contribution in [0.5, 0.6) is 0 Å². The number of hydrogen-bond donors (Lipinski definition) is 1. The van der Waals surface area contributed by atoms with Crippen LogP contribution in [-0.2, 0) is 7.05 Å². The summed E-state index contributed by atoms with van der Waals surface area (Å²) in [5.74, 6) is 0.985. The van der Waals surface area contributed by atoms with E-state index in [-0.39, 0.29) is 0 Å². The predicted octanol–water partition coefficient (Wildman–Crippen LogP) is 1.67. The van der Waals surface area contributed by atoms with Crippen LogP contribution in [0.2, 0.25) is 0 Å². The summed E-state index contributed by atoms with van der Waals surface area (Å²) in [4.78, 5) is 4.18. The highest BCUT2D eigenvalue weighted by Gasteiger charge is 2.11. The molecule has 0 saturated heterocycles. The van der Waals surface area contributed by atoms with Crippen molar-refractivity contribution in [2.24, 2.45) is 7.05 Å². The molecule has 14 heavy (non-hydrogen) atoms. The molecule has 2 aromatic rings. The standard InChI is InChI=1S/C10H14N4/c1-6(2)7-4-12-10(11)9-8(7)5-13-14(9)3/h4-6H,1-3H3,(H2,11,12). The third-order valence-electron chi connectivity index (χ3n) is 2.46. The van der Waals surface area contributed by atoms with E-state index in [2.05, 4.69) is 23.9 Å². The minimum absolute atomic E-state index is 0.440. The highest BCUT2D eigenvalue weighted by Crippen LogP contribution is 2.26. The van der Waals surface area contributed by atoms with E-state index >= 15 is 0 Å². The lowest BCUT2D eigenvalue weighted by Gasteiger charge is -2.07. The SMILES string of the molecule is CC(C)c1cnc(N)c2c1cnn2C. The quantitative estimate of drug-likeness (QED) is 0.744. The van der Waals surface area contributed by atoms with Crippen LogP contribution in [-0.4, -0.2) is 14.8 Å². The van der Waals surface area contributed by atoms with E-state index in [4.69, 9.17) is 5.73 Å². The summed E-state index contributed by atoms with van der Waals surface area (Å²) in [7, 11) is 1.88. The zero-order valence-corrected chi connectivity index (χ0v) is 8.65. The van der Waals surface area contributed by atoms with E-state index in [0.29, 0.717) is 11.7 Å². The zero-order valence-electron chi connectivity index (χ0n) is 8.65. The Labute approximate surface area is 82.7 Å². The fourth-order valence-electron chi connectivity index (χ4n) is 1.68. The second-order valence-electron chi connectivity index (χ2n) is 3.78. The van der Waals surface area contributed by atoms with Gasteiger partial charge >= 0.3 is 0 Å². The summed E-state index contributed by atoms with van der Waals surface area (Å²) in [5, 5.41) is 5.30. The van der Waals surface area contributed by atoms with Gasteiger partial charge < -0.3 is 5.73 Å². The van der Waals surface area contributed by atoms with Crippen molar-refractivity contribution in [2.75, 3.05) is 5.73 Å². The van der Waals surface area contributed by atoms with E-state index in [9.17, 15) is 0 Å². The van der Waals surface area contributed by atoms with Crippen LogP contribution in [0.15, 0.2) is 12.4 Å². The van der Waals surface area contributed by atoms with Gasteiger partial charge in [0.15, 0.2) is 0 Å². The Kier molecular flexibility index (Phi) is 1.91. The molecule has 0 aromatic carbocycles. The Morgan fingerprint density at radius 3 is 2.71 bits per heavy atom. The molecule has 0 bridgehead atoms. The minimum Gasteiger partial charge on any atom is -0.382 e. The van der Waals surface area contributed by atoms with Crippen LogP contribution in [0.3, 0.4) is 0 Å². The third-order valence-corrected chi connectivity index (χ3v) is 2.46. The smallest absolute Gasteiger partial charge is 0.149 e. The van der Waals surface area contributed by atoms with Crippen molar-refractivity contribution in [2.45, 2.75) is 19.8 Å². The molecule has 0 unspecified atom stereocenters. The molecule has 0 aliphatic heterocycles. The summed E-state index contributed by atoms with van der Waals surface area (Å²) in [6.07, 6.45) is 3.69. The molecule has 2 heterocycles. The van der Waals surface area contributed by atoms with Crippen LogP contribution in [0.25, 0.3) is 10.9 Å². The normalized spacial score (nSPS) is 11.4. The van der Waals surface area contributed by atoms with Gasteiger partial charge in [0.05, 0.1) is 6.20 Å². The first kappa shape index (κ1) is 8.99. The van der Waals surface area contributed by atoms with Crippen LogP contribution in [0.1, 0.15) is 25.3 Å². The monoisotopic (exact) mass is 190 g/mol. The minimum atomic E-state index is 0.440. The molecule has 0 radical (unpaired) electrons. The van der Waals surface area contributed by atoms with Gasteiger partial charge in [0.2, 0.25) is 0 Å². The first-order valence-corrected chi connectivity index (χ1v) is 4.67. The second kappa shape index (κ2) is 2.97. The lowest BCUT2D eigenvalue weighted by molar-refractivity contribution is 0.796. The van der Waals surface area contributed by atoms with Gasteiger partial charge in [-0.05, 0) is 11.5 Å². The van der Waals surface area contributed by atoms with E-state index in [1.54, 1.807) is 4.68 Å². The summed E-state index contributed by atoms with van der Waals surface area (Å²) < 4.78 is 1.77. The third kappa shape index (κ3) is 1.14. The number of nitrogens with zero attached hydrogens (tertiary/aromatic N) is 3. The van der Waals surface area contributed by atoms with Gasteiger partial charge in [0.1, 0.15) is 11.3 Å². The number of aryl methyl sites for hydroxylation is 1. The first-order valence-electron chi connectivity index (χ1n) is 4.67. The molecule has 0 aliphatic rings. The van der Waals surface area contributed by atoms with Gasteiger partial charge in [-0.2, -0.15) is 5.10 Å². The summed E-state index contributed by atoms with van der Waals surface area (Å²) in [6, 6.07) is 0. The predicted molar refractivity (Wildman–Crippen MR) is 57.0 cm³/mol. The Hall–Kier alpha value is -1.58. The fraction of sp³-hybridized carbons (Fsp3) is 0.400. The molecule has 0 fully saturated rings. The molecular weight excluding hydrogens is 176 g/mol. The van der Waals surface area contributed by atoms with Crippen LogP contribution in [0, 0.1) is 0 Å². The maximum Gasteiger partial charge on any atom is 0.149 e. The molecule has 74 valence electrons. The van der Waals surface area contributed by atoms with Crippen molar-refractivity contribution in [1.29, 1.82) is 0 Å². The molecule has 4 heteroatoms. The molecule has 0 amide bonds. The number of aromatic nitrogens is 3. The van der Waals surface area contributed by atoms with Gasteiger partial charge in [-0.3, -0.25) is 4.68 Å². The largest absolute Gasteiger partial charge is 0.382 e. The average molecular weight is 190 g/mol. The zero-order chi connectivity index (χ0) is 10.3. The van der Waals surface area contributed by atoms with Crippen molar-refractivity contribution >= 4 is 16.7 Å². The van der Waals surface area contributed by atoms with E-state index in [1.165, 1.54) is 5.56 Å². The van der Waals surface area contributed by atoms with Crippen LogP contribution >= 0.6 is 0 Å². The molecule has 2 rings (SSSR count). The topological polar surface area (TPSA) is 56.7 Å². The van der Waals surface area contributed by atoms with Crippen LogP contribution < -0.4 is 5.73 Å².